The molecule has 0 aliphatic carbocycles. The molecule has 1 fully saturated rings. The van der Waals surface area contributed by atoms with Gasteiger partial charge in [0, 0.05) is 6.04 Å². The average Bonchev–Trinajstić information content (AvgIpc) is 2.30. The molecule has 2 rings (SSSR count). The molecule has 1 saturated heterocycles. The Morgan fingerprint density at radius 2 is 2.18 bits per heavy atom. The minimum absolute atomic E-state index is 0.290. The average molecular weight is 235 g/mol. The molecular weight excluding hydrogens is 214 g/mol. The van der Waals surface area contributed by atoms with Gasteiger partial charge in [0.05, 0.1) is 19.3 Å². The van der Waals surface area contributed by atoms with Gasteiger partial charge < -0.3 is 14.8 Å². The van der Waals surface area contributed by atoms with Gasteiger partial charge >= 0.3 is 0 Å². The Morgan fingerprint density at radius 1 is 1.35 bits per heavy atom. The summed E-state index contributed by atoms with van der Waals surface area (Å²) in [5.74, 6) is 0.977. The summed E-state index contributed by atoms with van der Waals surface area (Å²) >= 11 is 0. The van der Waals surface area contributed by atoms with Crippen LogP contribution in [0.25, 0.3) is 0 Å². The van der Waals surface area contributed by atoms with Gasteiger partial charge in [-0.05, 0) is 38.0 Å². The molecule has 1 aliphatic heterocycles. The smallest absolute Gasteiger partial charge is 0.122 e. The molecule has 94 valence electrons. The summed E-state index contributed by atoms with van der Waals surface area (Å²) in [7, 11) is 0. The molecule has 2 unspecified atom stereocenters. The van der Waals surface area contributed by atoms with Crippen molar-refractivity contribution >= 4 is 0 Å². The molecule has 1 aliphatic rings. The Labute approximate surface area is 103 Å². The third kappa shape index (κ3) is 3.45. The van der Waals surface area contributed by atoms with Crippen molar-refractivity contribution in [1.29, 1.82) is 0 Å². The van der Waals surface area contributed by atoms with Gasteiger partial charge in [0.15, 0.2) is 0 Å². The largest absolute Gasteiger partial charge is 0.492 e. The van der Waals surface area contributed by atoms with Crippen LogP contribution in [0.1, 0.15) is 18.1 Å². The van der Waals surface area contributed by atoms with Crippen LogP contribution in [0.3, 0.4) is 0 Å². The lowest BCUT2D eigenvalue weighted by atomic mass is 10.1. The Morgan fingerprint density at radius 3 is 2.94 bits per heavy atom. The van der Waals surface area contributed by atoms with Crippen LogP contribution in [0.5, 0.6) is 5.75 Å². The van der Waals surface area contributed by atoms with E-state index < -0.39 is 0 Å². The quantitative estimate of drug-likeness (QED) is 0.870. The summed E-state index contributed by atoms with van der Waals surface area (Å²) in [5.41, 5.74) is 2.41. The highest BCUT2D eigenvalue weighted by Gasteiger charge is 2.18. The zero-order chi connectivity index (χ0) is 12.3. The Hall–Kier alpha value is -1.06. The summed E-state index contributed by atoms with van der Waals surface area (Å²) < 4.78 is 11.4. The summed E-state index contributed by atoms with van der Waals surface area (Å²) in [5, 5.41) is 3.47. The molecule has 1 aromatic carbocycles. The summed E-state index contributed by atoms with van der Waals surface area (Å²) in [6.45, 7) is 8.46. The van der Waals surface area contributed by atoms with Crippen molar-refractivity contribution in [1.82, 2.24) is 5.32 Å². The molecule has 3 heteroatoms. The van der Waals surface area contributed by atoms with Gasteiger partial charge in [0.25, 0.3) is 0 Å². The number of hydrogen-bond acceptors (Lipinski definition) is 3. The van der Waals surface area contributed by atoms with Gasteiger partial charge in [-0.25, -0.2) is 0 Å². The van der Waals surface area contributed by atoms with Crippen LogP contribution in [0.4, 0.5) is 0 Å². The first-order chi connectivity index (χ1) is 8.15. The van der Waals surface area contributed by atoms with E-state index in [9.17, 15) is 0 Å². The van der Waals surface area contributed by atoms with Crippen molar-refractivity contribution in [3.63, 3.8) is 0 Å². The number of benzene rings is 1. The summed E-state index contributed by atoms with van der Waals surface area (Å²) in [6.07, 6.45) is 0. The van der Waals surface area contributed by atoms with Crippen molar-refractivity contribution in [2.45, 2.75) is 32.9 Å². The van der Waals surface area contributed by atoms with Crippen LogP contribution in [-0.4, -0.2) is 31.9 Å². The molecule has 1 heterocycles. The van der Waals surface area contributed by atoms with E-state index in [0.29, 0.717) is 18.7 Å². The van der Waals surface area contributed by atoms with Gasteiger partial charge in [0.1, 0.15) is 12.4 Å². The molecule has 0 amide bonds. The summed E-state index contributed by atoms with van der Waals surface area (Å²) in [4.78, 5) is 0. The van der Waals surface area contributed by atoms with E-state index in [1.54, 1.807) is 0 Å². The lowest BCUT2D eigenvalue weighted by molar-refractivity contribution is 0.0352. The number of ether oxygens (including phenoxy) is 2. The number of nitrogens with one attached hydrogen (secondary N) is 1. The third-order valence-corrected chi connectivity index (χ3v) is 2.99. The maximum absolute atomic E-state index is 5.86. The molecule has 0 saturated carbocycles. The lowest BCUT2D eigenvalue weighted by Crippen LogP contribution is -2.50. The normalized spacial score (nSPS) is 24.6. The highest BCUT2D eigenvalue weighted by atomic mass is 16.5. The minimum Gasteiger partial charge on any atom is -0.492 e. The van der Waals surface area contributed by atoms with Gasteiger partial charge in [0.2, 0.25) is 0 Å². The van der Waals surface area contributed by atoms with Crippen LogP contribution in [-0.2, 0) is 4.74 Å². The maximum Gasteiger partial charge on any atom is 0.122 e. The summed E-state index contributed by atoms with van der Waals surface area (Å²) in [6, 6.07) is 6.99. The maximum atomic E-state index is 5.86. The second-order valence-corrected chi connectivity index (χ2v) is 4.88. The fourth-order valence-electron chi connectivity index (χ4n) is 2.04. The van der Waals surface area contributed by atoms with Gasteiger partial charge in [-0.15, -0.1) is 0 Å². The van der Waals surface area contributed by atoms with E-state index in [1.165, 1.54) is 11.1 Å². The number of morpholine rings is 1. The Balaban J connectivity index is 1.90. The third-order valence-electron chi connectivity index (χ3n) is 2.99. The molecule has 0 radical (unpaired) electrons. The van der Waals surface area contributed by atoms with Gasteiger partial charge in [-0.1, -0.05) is 12.1 Å². The van der Waals surface area contributed by atoms with E-state index in [4.69, 9.17) is 9.47 Å². The number of aryl methyl sites for hydroxylation is 2. The first kappa shape index (κ1) is 12.4. The molecule has 0 spiro atoms. The molecular formula is C14H21NO2. The van der Waals surface area contributed by atoms with E-state index in [2.05, 4.69) is 44.3 Å². The fourth-order valence-corrected chi connectivity index (χ4v) is 2.04. The van der Waals surface area contributed by atoms with E-state index in [-0.39, 0.29) is 0 Å². The molecule has 17 heavy (non-hydrogen) atoms. The number of hydrogen-bond donors (Lipinski definition) is 1. The van der Waals surface area contributed by atoms with Crippen molar-refractivity contribution in [3.05, 3.63) is 29.3 Å². The van der Waals surface area contributed by atoms with Crippen LogP contribution in [0, 0.1) is 13.8 Å². The number of rotatable bonds is 3. The molecule has 1 N–H and O–H groups in total. The fraction of sp³-hybridized carbons (Fsp3) is 0.571. The highest BCUT2D eigenvalue weighted by Crippen LogP contribution is 2.19. The van der Waals surface area contributed by atoms with E-state index in [1.807, 2.05) is 0 Å². The molecule has 1 aromatic rings. The van der Waals surface area contributed by atoms with Crippen molar-refractivity contribution < 1.29 is 9.47 Å². The van der Waals surface area contributed by atoms with E-state index in [0.717, 1.165) is 19.0 Å². The van der Waals surface area contributed by atoms with Crippen LogP contribution in [0.2, 0.25) is 0 Å². The second-order valence-electron chi connectivity index (χ2n) is 4.88. The van der Waals surface area contributed by atoms with Crippen LogP contribution < -0.4 is 10.1 Å². The predicted octanol–water partition coefficient (Wildman–Crippen LogP) is 2.06. The highest BCUT2D eigenvalue weighted by molar-refractivity contribution is 5.35. The van der Waals surface area contributed by atoms with Crippen LogP contribution in [0.15, 0.2) is 18.2 Å². The first-order valence-electron chi connectivity index (χ1n) is 6.19. The van der Waals surface area contributed by atoms with Gasteiger partial charge in [-0.3, -0.25) is 0 Å². The molecule has 0 aromatic heterocycles. The zero-order valence-corrected chi connectivity index (χ0v) is 10.8. The zero-order valence-electron chi connectivity index (χ0n) is 10.8. The van der Waals surface area contributed by atoms with E-state index >= 15 is 0 Å². The molecule has 2 atom stereocenters. The topological polar surface area (TPSA) is 30.5 Å². The van der Waals surface area contributed by atoms with Gasteiger partial charge in [-0.2, -0.15) is 0 Å². The van der Waals surface area contributed by atoms with Crippen molar-refractivity contribution in [2.75, 3.05) is 19.8 Å². The Bertz CT molecular complexity index is 378. The molecule has 0 bridgehead atoms. The minimum atomic E-state index is 0.290. The van der Waals surface area contributed by atoms with Crippen LogP contribution >= 0.6 is 0 Å². The monoisotopic (exact) mass is 235 g/mol. The Kier molecular flexibility index (Phi) is 4.02. The SMILES string of the molecule is Cc1ccc(C)c(OCC2COCC(C)N2)c1. The lowest BCUT2D eigenvalue weighted by Gasteiger charge is -2.29. The van der Waals surface area contributed by atoms with Crippen molar-refractivity contribution in [3.8, 4) is 5.75 Å². The first-order valence-corrected chi connectivity index (χ1v) is 6.19. The molecule has 3 nitrogen and oxygen atoms in total. The van der Waals surface area contributed by atoms with Crippen molar-refractivity contribution in [2.24, 2.45) is 0 Å². The second kappa shape index (κ2) is 5.52. The standard InChI is InChI=1S/C14H21NO2/c1-10-4-5-11(2)14(6-10)17-9-13-8-16-7-12(3)15-13/h4-6,12-13,15H,7-9H2,1-3H3. The predicted molar refractivity (Wildman–Crippen MR) is 68.6 cm³/mol.